The molecule has 3 rings (SSSR count). The van der Waals surface area contributed by atoms with Gasteiger partial charge in [0.2, 0.25) is 0 Å². The van der Waals surface area contributed by atoms with Crippen molar-refractivity contribution in [3.05, 3.63) is 35.4 Å². The summed E-state index contributed by atoms with van der Waals surface area (Å²) in [5, 5.41) is 0.737. The highest BCUT2D eigenvalue weighted by Gasteiger charge is 2.21. The highest BCUT2D eigenvalue weighted by molar-refractivity contribution is 6.30. The molecule has 2 aromatic heterocycles. The highest BCUT2D eigenvalue weighted by Crippen LogP contribution is 2.28. The number of hydrogen-bond acceptors (Lipinski definition) is 2. The van der Waals surface area contributed by atoms with Gasteiger partial charge < -0.3 is 9.14 Å². The molecule has 0 spiro atoms. The zero-order valence-corrected chi connectivity index (χ0v) is 8.94. The van der Waals surface area contributed by atoms with Crippen LogP contribution in [0.25, 0.3) is 5.52 Å². The first kappa shape index (κ1) is 9.19. The summed E-state index contributed by atoms with van der Waals surface area (Å²) in [5.41, 5.74) is 1.02. The van der Waals surface area contributed by atoms with Gasteiger partial charge in [-0.1, -0.05) is 11.6 Å². The number of hydrogen-bond donors (Lipinski definition) is 0. The molecule has 0 aliphatic carbocycles. The number of nitrogens with zero attached hydrogens (tertiary/aromatic N) is 2. The Morgan fingerprint density at radius 3 is 3.27 bits per heavy atom. The van der Waals surface area contributed by atoms with Gasteiger partial charge in [-0.15, -0.1) is 0 Å². The lowest BCUT2D eigenvalue weighted by atomic mass is 10.2. The van der Waals surface area contributed by atoms with Gasteiger partial charge >= 0.3 is 0 Å². The van der Waals surface area contributed by atoms with Crippen LogP contribution in [-0.4, -0.2) is 16.0 Å². The van der Waals surface area contributed by atoms with Crippen LogP contribution in [0.4, 0.5) is 0 Å². The van der Waals surface area contributed by atoms with E-state index in [-0.39, 0.29) is 6.10 Å². The van der Waals surface area contributed by atoms with Gasteiger partial charge in [-0.3, -0.25) is 0 Å². The average Bonchev–Trinajstić information content (AvgIpc) is 2.82. The number of imidazole rings is 1. The summed E-state index contributed by atoms with van der Waals surface area (Å²) < 4.78 is 7.66. The van der Waals surface area contributed by atoms with E-state index in [0.29, 0.717) is 0 Å². The second kappa shape index (κ2) is 3.51. The maximum absolute atomic E-state index is 5.92. The van der Waals surface area contributed by atoms with Crippen LogP contribution in [0.15, 0.2) is 24.5 Å². The van der Waals surface area contributed by atoms with E-state index in [1.807, 2.05) is 28.9 Å². The van der Waals surface area contributed by atoms with Crippen LogP contribution < -0.4 is 0 Å². The lowest BCUT2D eigenvalue weighted by molar-refractivity contribution is 0.104. The molecule has 4 heteroatoms. The van der Waals surface area contributed by atoms with Crippen molar-refractivity contribution in [3.8, 4) is 0 Å². The first-order valence-electron chi connectivity index (χ1n) is 5.09. The van der Waals surface area contributed by atoms with Crippen LogP contribution in [-0.2, 0) is 4.74 Å². The van der Waals surface area contributed by atoms with Crippen LogP contribution in [0.1, 0.15) is 24.8 Å². The molecule has 0 N–H and O–H groups in total. The van der Waals surface area contributed by atoms with Gasteiger partial charge in [0.25, 0.3) is 0 Å². The molecular weight excluding hydrogens is 212 g/mol. The summed E-state index contributed by atoms with van der Waals surface area (Å²) >= 11 is 5.92. The predicted octanol–water partition coefficient (Wildman–Crippen LogP) is 2.84. The number of fused-ring (bicyclic) bond motifs is 1. The van der Waals surface area contributed by atoms with Gasteiger partial charge in [0.15, 0.2) is 0 Å². The molecule has 3 heterocycles. The molecule has 0 aromatic carbocycles. The minimum absolute atomic E-state index is 0.147. The summed E-state index contributed by atoms with van der Waals surface area (Å²) in [6, 6.07) is 3.78. The third kappa shape index (κ3) is 1.52. The maximum atomic E-state index is 5.92. The lowest BCUT2D eigenvalue weighted by Crippen LogP contribution is -2.02. The molecule has 0 bridgehead atoms. The molecule has 3 nitrogen and oxygen atoms in total. The summed E-state index contributed by atoms with van der Waals surface area (Å²) in [6.07, 6.45) is 6.10. The van der Waals surface area contributed by atoms with Gasteiger partial charge in [0, 0.05) is 17.8 Å². The minimum Gasteiger partial charge on any atom is -0.370 e. The van der Waals surface area contributed by atoms with Crippen molar-refractivity contribution in [1.29, 1.82) is 0 Å². The summed E-state index contributed by atoms with van der Waals surface area (Å²) in [7, 11) is 0. The zero-order valence-electron chi connectivity index (χ0n) is 8.19. The van der Waals surface area contributed by atoms with Gasteiger partial charge in [-0.2, -0.15) is 0 Å². The molecule has 0 amide bonds. The molecule has 78 valence electrons. The fraction of sp³-hybridized carbons (Fsp3) is 0.364. The third-order valence-corrected chi connectivity index (χ3v) is 2.98. The minimum atomic E-state index is 0.147. The molecule has 1 atom stereocenters. The standard InChI is InChI=1S/C11H11ClN2O/c12-8-3-4-14-9(6-8)7-13-11(14)10-2-1-5-15-10/h3-4,6-7,10H,1-2,5H2. The van der Waals surface area contributed by atoms with Crippen LogP contribution in [0.3, 0.4) is 0 Å². The van der Waals surface area contributed by atoms with Crippen molar-refractivity contribution < 1.29 is 4.74 Å². The van der Waals surface area contributed by atoms with Gasteiger partial charge in [0.1, 0.15) is 11.9 Å². The molecule has 2 aromatic rings. The average molecular weight is 223 g/mol. The Labute approximate surface area is 92.6 Å². The largest absolute Gasteiger partial charge is 0.370 e. The second-order valence-corrected chi connectivity index (χ2v) is 4.19. The molecule has 1 fully saturated rings. The number of rotatable bonds is 1. The first-order chi connectivity index (χ1) is 7.34. The molecule has 0 radical (unpaired) electrons. The number of ether oxygens (including phenoxy) is 1. The summed E-state index contributed by atoms with van der Waals surface area (Å²) in [5.74, 6) is 0.985. The van der Waals surface area contributed by atoms with Crippen molar-refractivity contribution in [3.63, 3.8) is 0 Å². The van der Waals surface area contributed by atoms with Crippen LogP contribution in [0, 0.1) is 0 Å². The van der Waals surface area contributed by atoms with E-state index in [9.17, 15) is 0 Å². The molecular formula is C11H11ClN2O. The number of halogens is 1. The van der Waals surface area contributed by atoms with E-state index in [1.54, 1.807) is 0 Å². The Kier molecular flexibility index (Phi) is 2.15. The van der Waals surface area contributed by atoms with Crippen LogP contribution in [0.5, 0.6) is 0 Å². The number of aromatic nitrogens is 2. The molecule has 1 saturated heterocycles. The van der Waals surface area contributed by atoms with Crippen molar-refractivity contribution in [2.45, 2.75) is 18.9 Å². The summed E-state index contributed by atoms with van der Waals surface area (Å²) in [6.45, 7) is 0.840. The summed E-state index contributed by atoms with van der Waals surface area (Å²) in [4.78, 5) is 4.40. The fourth-order valence-electron chi connectivity index (χ4n) is 2.01. The Bertz CT molecular complexity index is 488. The van der Waals surface area contributed by atoms with E-state index in [1.165, 1.54) is 0 Å². The van der Waals surface area contributed by atoms with Crippen molar-refractivity contribution in [1.82, 2.24) is 9.38 Å². The Morgan fingerprint density at radius 1 is 1.53 bits per heavy atom. The van der Waals surface area contributed by atoms with E-state index in [0.717, 1.165) is 35.8 Å². The Morgan fingerprint density at radius 2 is 2.47 bits per heavy atom. The van der Waals surface area contributed by atoms with Gasteiger partial charge in [-0.05, 0) is 25.0 Å². The van der Waals surface area contributed by atoms with E-state index < -0.39 is 0 Å². The fourth-order valence-corrected chi connectivity index (χ4v) is 2.18. The molecule has 15 heavy (non-hydrogen) atoms. The molecule has 1 unspecified atom stereocenters. The van der Waals surface area contributed by atoms with Crippen LogP contribution in [0.2, 0.25) is 5.02 Å². The Balaban J connectivity index is 2.11. The topological polar surface area (TPSA) is 26.5 Å². The SMILES string of the molecule is Clc1ccn2c(C3CCCO3)ncc2c1. The predicted molar refractivity (Wildman–Crippen MR) is 58.1 cm³/mol. The highest BCUT2D eigenvalue weighted by atomic mass is 35.5. The monoisotopic (exact) mass is 222 g/mol. The smallest absolute Gasteiger partial charge is 0.142 e. The number of pyridine rings is 1. The van der Waals surface area contributed by atoms with Gasteiger partial charge in [0.05, 0.1) is 11.7 Å². The van der Waals surface area contributed by atoms with E-state index in [4.69, 9.17) is 16.3 Å². The zero-order chi connectivity index (χ0) is 10.3. The maximum Gasteiger partial charge on any atom is 0.142 e. The molecule has 0 saturated carbocycles. The Hall–Kier alpha value is -1.06. The van der Waals surface area contributed by atoms with Crippen molar-refractivity contribution in [2.24, 2.45) is 0 Å². The van der Waals surface area contributed by atoms with E-state index in [2.05, 4.69) is 4.98 Å². The van der Waals surface area contributed by atoms with Crippen molar-refractivity contribution in [2.75, 3.05) is 6.61 Å². The van der Waals surface area contributed by atoms with Crippen molar-refractivity contribution >= 4 is 17.1 Å². The van der Waals surface area contributed by atoms with E-state index >= 15 is 0 Å². The molecule has 1 aliphatic heterocycles. The second-order valence-electron chi connectivity index (χ2n) is 3.76. The quantitative estimate of drug-likeness (QED) is 0.742. The lowest BCUT2D eigenvalue weighted by Gasteiger charge is -2.07. The van der Waals surface area contributed by atoms with Crippen LogP contribution >= 0.6 is 11.6 Å². The molecule has 1 aliphatic rings. The third-order valence-electron chi connectivity index (χ3n) is 2.74. The van der Waals surface area contributed by atoms with Gasteiger partial charge in [-0.25, -0.2) is 4.98 Å². The normalized spacial score (nSPS) is 21.3. The first-order valence-corrected chi connectivity index (χ1v) is 5.46.